The van der Waals surface area contributed by atoms with E-state index in [1.165, 1.54) is 5.69 Å². The zero-order chi connectivity index (χ0) is 11.6. The van der Waals surface area contributed by atoms with Gasteiger partial charge in [-0.1, -0.05) is 20.8 Å². The van der Waals surface area contributed by atoms with Crippen LogP contribution in [0.3, 0.4) is 0 Å². The monoisotopic (exact) mass is 209 g/mol. The quantitative estimate of drug-likeness (QED) is 0.827. The van der Waals surface area contributed by atoms with Crippen molar-refractivity contribution in [1.82, 2.24) is 9.78 Å². The molecule has 1 unspecified atom stereocenters. The fourth-order valence-corrected chi connectivity index (χ4v) is 1.48. The number of hydrogen-bond donors (Lipinski definition) is 1. The van der Waals surface area contributed by atoms with E-state index in [0.29, 0.717) is 0 Å². The fourth-order valence-electron chi connectivity index (χ4n) is 1.48. The second-order valence-corrected chi connectivity index (χ2v) is 5.41. The molecule has 1 aromatic heterocycles. The molecule has 15 heavy (non-hydrogen) atoms. The van der Waals surface area contributed by atoms with E-state index in [9.17, 15) is 0 Å². The van der Waals surface area contributed by atoms with Crippen molar-refractivity contribution in [2.75, 3.05) is 0 Å². The van der Waals surface area contributed by atoms with Gasteiger partial charge < -0.3 is 5.73 Å². The van der Waals surface area contributed by atoms with Crippen molar-refractivity contribution in [2.45, 2.75) is 52.0 Å². The lowest BCUT2D eigenvalue weighted by Gasteiger charge is -2.13. The van der Waals surface area contributed by atoms with Crippen molar-refractivity contribution in [3.05, 3.63) is 17.5 Å². The molecule has 1 aromatic rings. The van der Waals surface area contributed by atoms with Gasteiger partial charge >= 0.3 is 0 Å². The van der Waals surface area contributed by atoms with Crippen LogP contribution >= 0.6 is 0 Å². The van der Waals surface area contributed by atoms with Crippen LogP contribution in [0, 0.1) is 0 Å². The maximum Gasteiger partial charge on any atom is 0.0680 e. The molecule has 3 heteroatoms. The first-order chi connectivity index (χ1) is 6.80. The number of hydrogen-bond acceptors (Lipinski definition) is 2. The van der Waals surface area contributed by atoms with Crippen LogP contribution in [0.15, 0.2) is 6.07 Å². The number of nitrogens with zero attached hydrogens (tertiary/aromatic N) is 2. The van der Waals surface area contributed by atoms with E-state index in [4.69, 9.17) is 5.73 Å². The molecular weight excluding hydrogens is 186 g/mol. The first-order valence-electron chi connectivity index (χ1n) is 5.59. The highest BCUT2D eigenvalue weighted by molar-refractivity contribution is 5.17. The van der Waals surface area contributed by atoms with Gasteiger partial charge in [-0.05, 0) is 25.8 Å². The summed E-state index contributed by atoms with van der Waals surface area (Å²) < 4.78 is 1.98. The van der Waals surface area contributed by atoms with Crippen molar-refractivity contribution in [1.29, 1.82) is 0 Å². The van der Waals surface area contributed by atoms with E-state index >= 15 is 0 Å². The first kappa shape index (κ1) is 12.2. The van der Waals surface area contributed by atoms with E-state index in [1.807, 2.05) is 18.7 Å². The summed E-state index contributed by atoms with van der Waals surface area (Å²) in [6.07, 6.45) is 2.03. The minimum Gasteiger partial charge on any atom is -0.328 e. The lowest BCUT2D eigenvalue weighted by atomic mass is 9.92. The summed E-state index contributed by atoms with van der Waals surface area (Å²) in [5, 5.41) is 4.54. The second kappa shape index (κ2) is 4.35. The van der Waals surface area contributed by atoms with Crippen LogP contribution < -0.4 is 5.73 Å². The van der Waals surface area contributed by atoms with Gasteiger partial charge in [-0.3, -0.25) is 4.68 Å². The van der Waals surface area contributed by atoms with Gasteiger partial charge in [0.05, 0.1) is 5.69 Å². The maximum atomic E-state index is 5.75. The topological polar surface area (TPSA) is 43.8 Å². The molecule has 0 aliphatic rings. The molecular formula is C12H23N3. The summed E-state index contributed by atoms with van der Waals surface area (Å²) in [5.41, 5.74) is 8.31. The lowest BCUT2D eigenvalue weighted by Crippen LogP contribution is -2.16. The molecule has 0 bridgehead atoms. The number of aromatic nitrogens is 2. The Hall–Kier alpha value is -0.830. The number of rotatable bonds is 3. The number of nitrogens with two attached hydrogens (primary N) is 1. The zero-order valence-electron chi connectivity index (χ0n) is 10.5. The van der Waals surface area contributed by atoms with Crippen molar-refractivity contribution < 1.29 is 0 Å². The summed E-state index contributed by atoms with van der Waals surface area (Å²) in [6, 6.07) is 2.46. The summed E-state index contributed by atoms with van der Waals surface area (Å²) in [5.74, 6) is 0. The van der Waals surface area contributed by atoms with Crippen LogP contribution in [-0.4, -0.2) is 15.8 Å². The third kappa shape index (κ3) is 3.34. The average molecular weight is 209 g/mol. The van der Waals surface area contributed by atoms with Crippen LogP contribution in [0.1, 0.15) is 45.5 Å². The molecule has 0 aliphatic carbocycles. The summed E-state index contributed by atoms with van der Waals surface area (Å²) in [7, 11) is 2.01. The molecule has 0 saturated carbocycles. The van der Waals surface area contributed by atoms with Gasteiger partial charge in [0.25, 0.3) is 0 Å². The number of aryl methyl sites for hydroxylation is 2. The molecule has 86 valence electrons. The predicted molar refractivity (Wildman–Crippen MR) is 63.9 cm³/mol. The van der Waals surface area contributed by atoms with Crippen molar-refractivity contribution in [3.8, 4) is 0 Å². The largest absolute Gasteiger partial charge is 0.328 e. The Labute approximate surface area is 92.7 Å². The van der Waals surface area contributed by atoms with Crippen LogP contribution in [0.25, 0.3) is 0 Å². The Morgan fingerprint density at radius 2 is 2.07 bits per heavy atom. The van der Waals surface area contributed by atoms with Crippen molar-refractivity contribution >= 4 is 0 Å². The second-order valence-electron chi connectivity index (χ2n) is 5.41. The molecule has 0 spiro atoms. The molecule has 0 fully saturated rings. The fraction of sp³-hybridized carbons (Fsp3) is 0.750. The third-order valence-corrected chi connectivity index (χ3v) is 2.60. The minimum atomic E-state index is 0.129. The minimum absolute atomic E-state index is 0.129. The summed E-state index contributed by atoms with van der Waals surface area (Å²) >= 11 is 0. The van der Waals surface area contributed by atoms with Crippen LogP contribution in [-0.2, 0) is 18.9 Å². The van der Waals surface area contributed by atoms with E-state index in [0.717, 1.165) is 18.5 Å². The molecule has 3 nitrogen and oxygen atoms in total. The van der Waals surface area contributed by atoms with E-state index in [1.54, 1.807) is 0 Å². The first-order valence-corrected chi connectivity index (χ1v) is 5.59. The van der Waals surface area contributed by atoms with Gasteiger partial charge in [-0.15, -0.1) is 0 Å². The van der Waals surface area contributed by atoms with Crippen LogP contribution in [0.4, 0.5) is 0 Å². The molecule has 1 rings (SSSR count). The van der Waals surface area contributed by atoms with Gasteiger partial charge in [0.15, 0.2) is 0 Å². The Kier molecular flexibility index (Phi) is 3.55. The highest BCUT2D eigenvalue weighted by Gasteiger charge is 2.18. The Bertz CT molecular complexity index is 318. The van der Waals surface area contributed by atoms with Gasteiger partial charge in [0, 0.05) is 24.2 Å². The van der Waals surface area contributed by atoms with E-state index in [2.05, 4.69) is 31.9 Å². The van der Waals surface area contributed by atoms with Crippen molar-refractivity contribution in [3.63, 3.8) is 0 Å². The SMILES string of the molecule is CC(N)CCc1cc(C(C)(C)C)nn1C. The molecule has 0 aliphatic heterocycles. The van der Waals surface area contributed by atoms with Crippen molar-refractivity contribution in [2.24, 2.45) is 12.8 Å². The van der Waals surface area contributed by atoms with Gasteiger partial charge in [0.1, 0.15) is 0 Å². The van der Waals surface area contributed by atoms with Crippen LogP contribution in [0.2, 0.25) is 0 Å². The molecule has 0 saturated heterocycles. The highest BCUT2D eigenvalue weighted by atomic mass is 15.3. The Morgan fingerprint density at radius 3 is 2.47 bits per heavy atom. The van der Waals surface area contributed by atoms with Gasteiger partial charge in [-0.25, -0.2) is 0 Å². The summed E-state index contributed by atoms with van der Waals surface area (Å²) in [6.45, 7) is 8.60. The zero-order valence-corrected chi connectivity index (χ0v) is 10.5. The van der Waals surface area contributed by atoms with Gasteiger partial charge in [-0.2, -0.15) is 5.10 Å². The molecule has 0 radical (unpaired) electrons. The average Bonchev–Trinajstić information content (AvgIpc) is 2.42. The Balaban J connectivity index is 2.78. The Morgan fingerprint density at radius 1 is 1.47 bits per heavy atom. The van der Waals surface area contributed by atoms with Gasteiger partial charge in [0.2, 0.25) is 0 Å². The normalized spacial score (nSPS) is 14.3. The highest BCUT2D eigenvalue weighted by Crippen LogP contribution is 2.21. The molecule has 0 amide bonds. The smallest absolute Gasteiger partial charge is 0.0680 e. The molecule has 1 heterocycles. The molecule has 0 aromatic carbocycles. The van der Waals surface area contributed by atoms with E-state index in [-0.39, 0.29) is 11.5 Å². The molecule has 1 atom stereocenters. The summed E-state index contributed by atoms with van der Waals surface area (Å²) in [4.78, 5) is 0. The maximum absolute atomic E-state index is 5.75. The lowest BCUT2D eigenvalue weighted by molar-refractivity contribution is 0.549. The molecule has 2 N–H and O–H groups in total. The standard InChI is InChI=1S/C12H23N3/c1-9(13)6-7-10-8-11(12(2,3)4)14-15(10)5/h8-9H,6-7,13H2,1-5H3. The van der Waals surface area contributed by atoms with E-state index < -0.39 is 0 Å². The predicted octanol–water partition coefficient (Wildman–Crippen LogP) is 2.00. The third-order valence-electron chi connectivity index (χ3n) is 2.60. The van der Waals surface area contributed by atoms with Crippen LogP contribution in [0.5, 0.6) is 0 Å².